The second-order valence-corrected chi connectivity index (χ2v) is 8.85. The minimum Gasteiger partial charge on any atom is -0.492 e. The summed E-state index contributed by atoms with van der Waals surface area (Å²) < 4.78 is 12.6. The predicted octanol–water partition coefficient (Wildman–Crippen LogP) is 2.64. The molecule has 0 saturated carbocycles. The van der Waals surface area contributed by atoms with Crippen molar-refractivity contribution in [1.29, 1.82) is 0 Å². The van der Waals surface area contributed by atoms with E-state index in [1.54, 1.807) is 0 Å². The monoisotopic (exact) mass is 469 g/mol. The lowest BCUT2D eigenvalue weighted by Crippen LogP contribution is -2.44. The number of benzene rings is 1. The van der Waals surface area contributed by atoms with Crippen molar-refractivity contribution in [2.24, 2.45) is 0 Å². The van der Waals surface area contributed by atoms with Gasteiger partial charge in [0, 0.05) is 31.1 Å². The summed E-state index contributed by atoms with van der Waals surface area (Å²) >= 11 is 1.36. The Morgan fingerprint density at radius 1 is 1.18 bits per heavy atom. The van der Waals surface area contributed by atoms with E-state index < -0.39 is 5.91 Å². The van der Waals surface area contributed by atoms with Gasteiger partial charge in [-0.1, -0.05) is 18.2 Å². The van der Waals surface area contributed by atoms with Gasteiger partial charge >= 0.3 is 0 Å². The van der Waals surface area contributed by atoms with Gasteiger partial charge in [-0.25, -0.2) is 9.67 Å². The van der Waals surface area contributed by atoms with Gasteiger partial charge < -0.3 is 9.47 Å². The summed E-state index contributed by atoms with van der Waals surface area (Å²) in [4.78, 5) is 31.6. The molecule has 2 atom stereocenters. The van der Waals surface area contributed by atoms with E-state index in [2.05, 4.69) is 34.1 Å². The van der Waals surface area contributed by atoms with Crippen molar-refractivity contribution in [2.75, 3.05) is 25.0 Å². The first-order valence-corrected chi connectivity index (χ1v) is 11.7. The van der Waals surface area contributed by atoms with Crippen LogP contribution in [0.2, 0.25) is 0 Å². The van der Waals surface area contributed by atoms with E-state index in [4.69, 9.17) is 9.47 Å². The van der Waals surface area contributed by atoms with Crippen LogP contribution in [0.15, 0.2) is 52.6 Å². The number of rotatable bonds is 8. The highest BCUT2D eigenvalue weighted by atomic mass is 32.1. The van der Waals surface area contributed by atoms with E-state index in [1.165, 1.54) is 28.2 Å². The highest BCUT2D eigenvalue weighted by Gasteiger charge is 2.23. The third-order valence-electron chi connectivity index (χ3n) is 5.07. The summed E-state index contributed by atoms with van der Waals surface area (Å²) in [5, 5.41) is 9.40. The number of nitrogens with zero attached hydrogens (tertiary/aromatic N) is 4. The molecule has 1 aromatic carbocycles. The Balaban J connectivity index is 1.34. The second-order valence-electron chi connectivity index (χ2n) is 7.99. The number of carbonyl (C=O) groups excluding carboxylic acids is 1. The molecule has 33 heavy (non-hydrogen) atoms. The largest absolute Gasteiger partial charge is 0.492 e. The van der Waals surface area contributed by atoms with Gasteiger partial charge in [0.1, 0.15) is 18.1 Å². The standard InChI is InChI=1S/C23H27N5O4S/c1-16-12-27(13-17(2)32-16)14-18-15-33-23(24-18)25-22(30)20-8-9-21(29)28(26-20)10-11-31-19-6-4-3-5-7-19/h3-9,15-17H,10-14H2,1-2H3,(H,24,25,30). The molecule has 174 valence electrons. The Morgan fingerprint density at radius 2 is 1.94 bits per heavy atom. The highest BCUT2D eigenvalue weighted by molar-refractivity contribution is 7.13. The number of hydrogen-bond acceptors (Lipinski definition) is 8. The van der Waals surface area contributed by atoms with Gasteiger partial charge in [0.15, 0.2) is 5.13 Å². The third kappa shape index (κ3) is 6.47. The molecule has 1 aliphatic heterocycles. The summed E-state index contributed by atoms with van der Waals surface area (Å²) in [5.41, 5.74) is 0.739. The minimum atomic E-state index is -0.415. The van der Waals surface area contributed by atoms with Crippen molar-refractivity contribution in [2.45, 2.75) is 39.1 Å². The first-order valence-electron chi connectivity index (χ1n) is 10.9. The van der Waals surface area contributed by atoms with Gasteiger partial charge in [-0.3, -0.25) is 19.8 Å². The first-order chi connectivity index (χ1) is 16.0. The molecule has 3 heterocycles. The average molecular weight is 470 g/mol. The lowest BCUT2D eigenvalue weighted by Gasteiger charge is -2.34. The lowest BCUT2D eigenvalue weighted by atomic mass is 10.2. The van der Waals surface area contributed by atoms with E-state index in [0.717, 1.165) is 18.8 Å². The van der Waals surface area contributed by atoms with E-state index in [1.807, 2.05) is 35.7 Å². The smallest absolute Gasteiger partial charge is 0.277 e. The Kier molecular flexibility index (Phi) is 7.48. The van der Waals surface area contributed by atoms with E-state index in [-0.39, 0.29) is 36.6 Å². The van der Waals surface area contributed by atoms with Crippen LogP contribution in [-0.4, -0.2) is 57.5 Å². The van der Waals surface area contributed by atoms with Crippen LogP contribution in [0.4, 0.5) is 5.13 Å². The zero-order valence-corrected chi connectivity index (χ0v) is 19.5. The first kappa shape index (κ1) is 23.1. The van der Waals surface area contributed by atoms with Crippen LogP contribution in [-0.2, 0) is 17.8 Å². The molecule has 4 rings (SSSR count). The molecular formula is C23H27N5O4S. The normalized spacial score (nSPS) is 18.7. The number of para-hydroxylation sites is 1. The highest BCUT2D eigenvalue weighted by Crippen LogP contribution is 2.19. The Morgan fingerprint density at radius 3 is 2.70 bits per heavy atom. The molecule has 0 spiro atoms. The van der Waals surface area contributed by atoms with Gasteiger partial charge in [0.05, 0.1) is 24.4 Å². The zero-order chi connectivity index (χ0) is 23.2. The predicted molar refractivity (Wildman–Crippen MR) is 126 cm³/mol. The fraction of sp³-hybridized carbons (Fsp3) is 0.391. The number of thiazole rings is 1. The fourth-order valence-corrected chi connectivity index (χ4v) is 4.43. The van der Waals surface area contributed by atoms with E-state index in [9.17, 15) is 9.59 Å². The molecule has 1 N–H and O–H groups in total. The third-order valence-corrected chi connectivity index (χ3v) is 5.87. The zero-order valence-electron chi connectivity index (χ0n) is 18.6. The number of ether oxygens (including phenoxy) is 2. The number of carbonyl (C=O) groups is 1. The molecule has 0 aliphatic carbocycles. The van der Waals surface area contributed by atoms with Crippen LogP contribution in [0.3, 0.4) is 0 Å². The molecule has 0 radical (unpaired) electrons. The van der Waals surface area contributed by atoms with Crippen molar-refractivity contribution < 1.29 is 14.3 Å². The quantitative estimate of drug-likeness (QED) is 0.542. The summed E-state index contributed by atoms with van der Waals surface area (Å²) in [6.07, 6.45) is 0.373. The van der Waals surface area contributed by atoms with Crippen molar-refractivity contribution in [1.82, 2.24) is 19.7 Å². The van der Waals surface area contributed by atoms with Crippen LogP contribution < -0.4 is 15.6 Å². The Labute approximate surface area is 196 Å². The number of nitrogens with one attached hydrogen (secondary N) is 1. The Bertz CT molecular complexity index is 1120. The molecule has 2 aromatic heterocycles. The second kappa shape index (κ2) is 10.7. The summed E-state index contributed by atoms with van der Waals surface area (Å²) in [7, 11) is 0. The molecule has 10 heteroatoms. The van der Waals surface area contributed by atoms with Crippen LogP contribution in [0.25, 0.3) is 0 Å². The molecule has 2 unspecified atom stereocenters. The maximum Gasteiger partial charge on any atom is 0.277 e. The van der Waals surface area contributed by atoms with Gasteiger partial charge in [0.25, 0.3) is 11.5 Å². The van der Waals surface area contributed by atoms with E-state index >= 15 is 0 Å². The average Bonchev–Trinajstić information content (AvgIpc) is 3.21. The fourth-order valence-electron chi connectivity index (χ4n) is 3.74. The van der Waals surface area contributed by atoms with E-state index in [0.29, 0.717) is 17.4 Å². The number of hydrogen-bond donors (Lipinski definition) is 1. The number of amides is 1. The van der Waals surface area contributed by atoms with Crippen molar-refractivity contribution in [3.63, 3.8) is 0 Å². The summed E-state index contributed by atoms with van der Waals surface area (Å²) in [6, 6.07) is 12.1. The van der Waals surface area contributed by atoms with Crippen LogP contribution in [0, 0.1) is 0 Å². The molecule has 9 nitrogen and oxygen atoms in total. The number of morpholine rings is 1. The molecule has 3 aromatic rings. The SMILES string of the molecule is CC1CN(Cc2csc(NC(=O)c3ccc(=O)n(CCOc4ccccc4)n3)n2)CC(C)O1. The number of aromatic nitrogens is 3. The number of anilines is 1. The molecule has 1 saturated heterocycles. The van der Waals surface area contributed by atoms with Crippen molar-refractivity contribution in [3.05, 3.63) is 69.6 Å². The topological polar surface area (TPSA) is 98.6 Å². The Hall–Kier alpha value is -3.08. The van der Waals surface area contributed by atoms with Crippen LogP contribution in [0.1, 0.15) is 30.0 Å². The molecule has 1 fully saturated rings. The maximum absolute atomic E-state index is 12.7. The summed E-state index contributed by atoms with van der Waals surface area (Å²) in [6.45, 7) is 7.02. The molecule has 1 aliphatic rings. The van der Waals surface area contributed by atoms with Crippen molar-refractivity contribution in [3.8, 4) is 5.75 Å². The van der Waals surface area contributed by atoms with Crippen LogP contribution in [0.5, 0.6) is 5.75 Å². The van der Waals surface area contributed by atoms with Crippen LogP contribution >= 0.6 is 11.3 Å². The van der Waals surface area contributed by atoms with Gasteiger partial charge in [0.2, 0.25) is 0 Å². The molecule has 1 amide bonds. The summed E-state index contributed by atoms with van der Waals surface area (Å²) in [5.74, 6) is 0.294. The lowest BCUT2D eigenvalue weighted by molar-refractivity contribution is -0.0707. The maximum atomic E-state index is 12.7. The van der Waals surface area contributed by atoms with Gasteiger partial charge in [-0.2, -0.15) is 5.10 Å². The molecular weight excluding hydrogens is 442 g/mol. The van der Waals surface area contributed by atoms with Gasteiger partial charge in [-0.05, 0) is 32.0 Å². The minimum absolute atomic E-state index is 0.141. The van der Waals surface area contributed by atoms with Crippen molar-refractivity contribution >= 4 is 22.4 Å². The van der Waals surface area contributed by atoms with Gasteiger partial charge in [-0.15, -0.1) is 11.3 Å². The molecule has 0 bridgehead atoms.